The smallest absolute Gasteiger partial charge is 0.326 e. The first kappa shape index (κ1) is 45.3. The zero-order valence-electron chi connectivity index (χ0n) is 34.9. The van der Waals surface area contributed by atoms with Crippen LogP contribution in [0.4, 0.5) is 4.39 Å². The fraction of sp³-hybridized carbons (Fsp3) is 0.220. The Balaban J connectivity index is 0.000000191. The lowest BCUT2D eigenvalue weighted by atomic mass is 10.0. The van der Waals surface area contributed by atoms with E-state index in [0.29, 0.717) is 70.7 Å². The van der Waals surface area contributed by atoms with Crippen LogP contribution in [0, 0.1) is 5.82 Å². The minimum Gasteiger partial charge on any atom is -0.496 e. The molecule has 2 aliphatic heterocycles. The molecule has 2 fully saturated rings. The third-order valence-corrected chi connectivity index (χ3v) is 12.1. The monoisotopic (exact) mass is 903 g/mol. The summed E-state index contributed by atoms with van der Waals surface area (Å²) >= 11 is 12.7. The largest absolute Gasteiger partial charge is 0.496 e. The Labute approximate surface area is 379 Å². The Kier molecular flexibility index (Phi) is 14.3. The number of rotatable bonds is 11. The van der Waals surface area contributed by atoms with E-state index in [0.717, 1.165) is 27.8 Å². The van der Waals surface area contributed by atoms with E-state index >= 15 is 0 Å². The van der Waals surface area contributed by atoms with E-state index < -0.39 is 35.9 Å². The predicted molar refractivity (Wildman–Crippen MR) is 241 cm³/mol. The molecule has 2 aliphatic rings. The van der Waals surface area contributed by atoms with Crippen molar-refractivity contribution in [1.82, 2.24) is 14.8 Å². The molecule has 0 radical (unpaired) electrons. The Hall–Kier alpha value is -6.76. The van der Waals surface area contributed by atoms with Gasteiger partial charge in [0.1, 0.15) is 23.7 Å². The number of ether oxygens (including phenoxy) is 2. The quantitative estimate of drug-likeness (QED) is 0.130. The zero-order chi connectivity index (χ0) is 45.5. The van der Waals surface area contributed by atoms with Gasteiger partial charge in [0.15, 0.2) is 0 Å². The van der Waals surface area contributed by atoms with E-state index in [-0.39, 0.29) is 17.9 Å². The van der Waals surface area contributed by atoms with E-state index in [1.165, 1.54) is 29.0 Å². The molecule has 0 aliphatic carbocycles. The summed E-state index contributed by atoms with van der Waals surface area (Å²) in [5, 5.41) is 20.5. The number of carboxylic acid groups (broad SMARTS) is 2. The van der Waals surface area contributed by atoms with Crippen LogP contribution in [-0.2, 0) is 9.59 Å². The lowest BCUT2D eigenvalue weighted by Gasteiger charge is -2.29. The number of amides is 2. The molecule has 2 amide bonds. The average Bonchev–Trinajstić information content (AvgIpc) is 3.96. The molecule has 0 saturated carbocycles. The number of hydrogen-bond donors (Lipinski definition) is 2. The molecule has 0 unspecified atom stereocenters. The molecule has 6 aromatic rings. The number of carbonyl (C=O) groups excluding carboxylic acids is 2. The maximum Gasteiger partial charge on any atom is 0.326 e. The van der Waals surface area contributed by atoms with Gasteiger partial charge < -0.3 is 29.5 Å². The zero-order valence-corrected chi connectivity index (χ0v) is 36.4. The number of likely N-dealkylation sites (tertiary alicyclic amines) is 2. The molecule has 14 heteroatoms. The van der Waals surface area contributed by atoms with Gasteiger partial charge >= 0.3 is 11.9 Å². The van der Waals surface area contributed by atoms with Crippen molar-refractivity contribution in [3.8, 4) is 33.9 Å². The van der Waals surface area contributed by atoms with Gasteiger partial charge in [-0.2, -0.15) is 0 Å². The fourth-order valence-corrected chi connectivity index (χ4v) is 8.88. The minimum atomic E-state index is -1.04. The standard InChI is InChI=1S/C25H21ClFNO4.C25H23ClN2O4/c1-32-23-14-17(27)10-11-18(23)15-6-8-16(9-7-15)24(29)28-21(12-13-22(28)25(30)31)19-4-2-3-5-20(19)26;1-2-32-23-14-11-18(15-27-23)16-7-9-17(10-8-16)24(29)28-21(12-13-22(28)25(30)31)19-5-3-4-6-20(19)26/h2-11,14,21-22H,12-13H2,1H3,(H,30,31);3-11,14-15,21-22H,2,12-13H2,1H3,(H,30,31)/t2*21-,22+/m11/s1. The van der Waals surface area contributed by atoms with E-state index in [1.807, 2.05) is 55.5 Å². The van der Waals surface area contributed by atoms with Crippen molar-refractivity contribution in [2.45, 2.75) is 56.8 Å². The van der Waals surface area contributed by atoms with Gasteiger partial charge in [-0.1, -0.05) is 83.9 Å². The number of aliphatic carboxylic acids is 2. The maximum atomic E-state index is 13.5. The second-order valence-electron chi connectivity index (χ2n) is 15.2. The molecule has 328 valence electrons. The molecule has 11 nitrogen and oxygen atoms in total. The molecule has 2 saturated heterocycles. The number of aromatic nitrogens is 1. The maximum absolute atomic E-state index is 13.5. The number of nitrogens with zero attached hydrogens (tertiary/aromatic N) is 3. The van der Waals surface area contributed by atoms with Crippen LogP contribution in [0.25, 0.3) is 22.3 Å². The highest BCUT2D eigenvalue weighted by atomic mass is 35.5. The van der Waals surface area contributed by atoms with Crippen LogP contribution in [0.1, 0.15) is 76.5 Å². The lowest BCUT2D eigenvalue weighted by molar-refractivity contribution is -0.142. The summed E-state index contributed by atoms with van der Waals surface area (Å²) in [7, 11) is 1.46. The minimum absolute atomic E-state index is 0.323. The number of benzene rings is 5. The molecule has 64 heavy (non-hydrogen) atoms. The summed E-state index contributed by atoms with van der Waals surface area (Å²) < 4.78 is 24.1. The van der Waals surface area contributed by atoms with Crippen molar-refractivity contribution in [3.05, 3.63) is 172 Å². The molecule has 3 heterocycles. The Bertz CT molecular complexity index is 2650. The molecule has 5 aromatic carbocycles. The van der Waals surface area contributed by atoms with Crippen molar-refractivity contribution >= 4 is 47.0 Å². The molecule has 0 bridgehead atoms. The molecule has 8 rings (SSSR count). The van der Waals surface area contributed by atoms with Crippen LogP contribution in [0.15, 0.2) is 134 Å². The third kappa shape index (κ3) is 9.73. The molecule has 0 spiro atoms. The number of carbonyl (C=O) groups is 4. The summed E-state index contributed by atoms with van der Waals surface area (Å²) in [4.78, 5) is 57.7. The molecule has 2 N–H and O–H groups in total. The summed E-state index contributed by atoms with van der Waals surface area (Å²) in [6, 6.07) is 33.6. The van der Waals surface area contributed by atoms with Crippen LogP contribution in [0.2, 0.25) is 10.0 Å². The van der Waals surface area contributed by atoms with E-state index in [1.54, 1.807) is 72.9 Å². The Morgan fingerprint density at radius 3 is 1.58 bits per heavy atom. The second kappa shape index (κ2) is 20.2. The van der Waals surface area contributed by atoms with Gasteiger partial charge in [-0.05, 0) is 109 Å². The second-order valence-corrected chi connectivity index (χ2v) is 16.0. The van der Waals surface area contributed by atoms with E-state index in [2.05, 4.69) is 4.98 Å². The van der Waals surface area contributed by atoms with Crippen molar-refractivity contribution < 1.29 is 43.3 Å². The third-order valence-electron chi connectivity index (χ3n) is 11.4. The first-order chi connectivity index (χ1) is 30.9. The van der Waals surface area contributed by atoms with Gasteiger partial charge in [-0.15, -0.1) is 0 Å². The molecular weight excluding hydrogens is 860 g/mol. The highest BCUT2D eigenvalue weighted by Crippen LogP contribution is 2.42. The number of hydrogen-bond acceptors (Lipinski definition) is 7. The number of pyridine rings is 1. The molecule has 1 aromatic heterocycles. The highest BCUT2D eigenvalue weighted by molar-refractivity contribution is 6.31. The number of methoxy groups -OCH3 is 1. The van der Waals surface area contributed by atoms with E-state index in [9.17, 15) is 33.8 Å². The summed E-state index contributed by atoms with van der Waals surface area (Å²) in [5.41, 5.74) is 5.52. The summed E-state index contributed by atoms with van der Waals surface area (Å²) in [5.74, 6) is -2.22. The number of halogens is 3. The van der Waals surface area contributed by atoms with Crippen LogP contribution in [0.3, 0.4) is 0 Å². The average molecular weight is 905 g/mol. The first-order valence-corrected chi connectivity index (χ1v) is 21.4. The van der Waals surface area contributed by atoms with Gasteiger partial charge in [-0.3, -0.25) is 9.59 Å². The highest BCUT2D eigenvalue weighted by Gasteiger charge is 2.44. The van der Waals surface area contributed by atoms with Gasteiger partial charge in [0.2, 0.25) is 5.88 Å². The van der Waals surface area contributed by atoms with Crippen molar-refractivity contribution in [2.24, 2.45) is 0 Å². The number of carboxylic acids is 2. The summed E-state index contributed by atoms with van der Waals surface area (Å²) in [6.07, 6.45) is 3.50. The van der Waals surface area contributed by atoms with Crippen LogP contribution >= 0.6 is 23.2 Å². The SMILES string of the molecule is CCOc1ccc(-c2ccc(C(=O)N3[C@@H](c4ccccc4Cl)CC[C@H]3C(=O)O)cc2)cn1.COc1cc(F)ccc1-c1ccc(C(=O)N2[C@@H](c3ccccc3Cl)CC[C@H]2C(=O)O)cc1. The predicted octanol–water partition coefficient (Wildman–Crippen LogP) is 10.8. The first-order valence-electron chi connectivity index (χ1n) is 20.6. The Morgan fingerprint density at radius 2 is 1.14 bits per heavy atom. The molecular formula is C50H44Cl2FN3O8. The topological polar surface area (TPSA) is 147 Å². The lowest BCUT2D eigenvalue weighted by Crippen LogP contribution is -2.41. The van der Waals surface area contributed by atoms with Crippen molar-refractivity contribution in [2.75, 3.05) is 13.7 Å². The Morgan fingerprint density at radius 1 is 0.656 bits per heavy atom. The van der Waals surface area contributed by atoms with Gasteiger partial charge in [0, 0.05) is 50.6 Å². The normalized spacial score (nSPS) is 17.9. The van der Waals surface area contributed by atoms with E-state index in [4.69, 9.17) is 32.7 Å². The van der Waals surface area contributed by atoms with Gasteiger partial charge in [0.25, 0.3) is 11.8 Å². The summed E-state index contributed by atoms with van der Waals surface area (Å²) in [6.45, 7) is 2.45. The van der Waals surface area contributed by atoms with Crippen molar-refractivity contribution in [3.63, 3.8) is 0 Å². The van der Waals surface area contributed by atoms with Gasteiger partial charge in [-0.25, -0.2) is 19.0 Å². The van der Waals surface area contributed by atoms with Gasteiger partial charge in [0.05, 0.1) is 25.8 Å². The van der Waals surface area contributed by atoms with Crippen LogP contribution < -0.4 is 9.47 Å². The van der Waals surface area contributed by atoms with Crippen LogP contribution in [0.5, 0.6) is 11.6 Å². The van der Waals surface area contributed by atoms with Crippen molar-refractivity contribution in [1.29, 1.82) is 0 Å². The molecule has 4 atom stereocenters. The van der Waals surface area contributed by atoms with Crippen LogP contribution in [-0.4, -0.2) is 74.6 Å². The fourth-order valence-electron chi connectivity index (χ4n) is 8.36.